The molecule has 83 valence electrons. The van der Waals surface area contributed by atoms with Gasteiger partial charge in [-0.1, -0.05) is 24.3 Å². The van der Waals surface area contributed by atoms with Crippen LogP contribution in [0.5, 0.6) is 0 Å². The van der Waals surface area contributed by atoms with Crippen LogP contribution in [0.4, 0.5) is 0 Å². The van der Waals surface area contributed by atoms with E-state index >= 15 is 0 Å². The summed E-state index contributed by atoms with van der Waals surface area (Å²) in [5.41, 5.74) is 4.89. The summed E-state index contributed by atoms with van der Waals surface area (Å²) in [6.45, 7) is 4.27. The molecular weight excluding hydrogens is 226 g/mol. The van der Waals surface area contributed by atoms with Crippen molar-refractivity contribution in [3.8, 4) is 10.6 Å². The molecule has 0 bridgehead atoms. The Labute approximate surface area is 105 Å². The first-order valence-electron chi connectivity index (χ1n) is 5.58. The Morgan fingerprint density at radius 3 is 2.53 bits per heavy atom. The first kappa shape index (κ1) is 10.5. The lowest BCUT2D eigenvalue weighted by Crippen LogP contribution is -1.79. The molecule has 0 amide bonds. The van der Waals surface area contributed by atoms with E-state index in [1.54, 1.807) is 11.3 Å². The van der Waals surface area contributed by atoms with Crippen molar-refractivity contribution < 1.29 is 0 Å². The zero-order valence-electron chi connectivity index (χ0n) is 9.82. The molecule has 0 saturated carbocycles. The fourth-order valence-corrected chi connectivity index (χ4v) is 2.88. The molecule has 0 fully saturated rings. The number of hydrogen-bond donors (Lipinski definition) is 0. The van der Waals surface area contributed by atoms with Crippen molar-refractivity contribution in [3.63, 3.8) is 0 Å². The van der Waals surface area contributed by atoms with Crippen molar-refractivity contribution in [1.29, 1.82) is 0 Å². The molecule has 0 aliphatic carbocycles. The molecule has 0 aliphatic rings. The summed E-state index contributed by atoms with van der Waals surface area (Å²) in [7, 11) is 0. The van der Waals surface area contributed by atoms with Crippen LogP contribution in [0.1, 0.15) is 11.1 Å². The van der Waals surface area contributed by atoms with Crippen LogP contribution in [0.15, 0.2) is 36.4 Å². The lowest BCUT2D eigenvalue weighted by Gasteiger charge is -1.96. The van der Waals surface area contributed by atoms with Crippen molar-refractivity contribution in [2.75, 3.05) is 0 Å². The number of fused-ring (bicyclic) bond motifs is 1. The second kappa shape index (κ2) is 3.97. The van der Waals surface area contributed by atoms with E-state index in [0.29, 0.717) is 0 Å². The summed E-state index contributed by atoms with van der Waals surface area (Å²) in [6, 6.07) is 15.4. The van der Waals surface area contributed by atoms with Gasteiger partial charge in [-0.2, -0.15) is 0 Å². The van der Waals surface area contributed by atoms with Crippen LogP contribution in [-0.2, 0) is 0 Å². The van der Waals surface area contributed by atoms with Gasteiger partial charge in [-0.25, -0.2) is 4.98 Å². The monoisotopic (exact) mass is 238 g/mol. The highest BCUT2D eigenvalue weighted by atomic mass is 32.1. The van der Waals surface area contributed by atoms with Gasteiger partial charge in [0.15, 0.2) is 0 Å². The Hall–Kier alpha value is -1.67. The topological polar surface area (TPSA) is 12.9 Å². The van der Waals surface area contributed by atoms with E-state index in [9.17, 15) is 0 Å². The molecule has 3 rings (SSSR count). The highest BCUT2D eigenvalue weighted by Gasteiger charge is 2.07. The first-order chi connectivity index (χ1) is 8.24. The smallest absolute Gasteiger partial charge is 0.124 e. The molecule has 1 heterocycles. The average Bonchev–Trinajstić information content (AvgIpc) is 2.74. The molecule has 0 unspecified atom stereocenters. The second-order valence-electron chi connectivity index (χ2n) is 4.21. The van der Waals surface area contributed by atoms with Crippen molar-refractivity contribution in [2.45, 2.75) is 13.8 Å². The van der Waals surface area contributed by atoms with Crippen LogP contribution < -0.4 is 0 Å². The summed E-state index contributed by atoms with van der Waals surface area (Å²) in [5.74, 6) is 0. The van der Waals surface area contributed by atoms with Gasteiger partial charge in [0.05, 0.1) is 10.2 Å². The van der Waals surface area contributed by atoms with Crippen LogP contribution >= 0.6 is 11.3 Å². The summed E-state index contributed by atoms with van der Waals surface area (Å²) >= 11 is 1.75. The van der Waals surface area contributed by atoms with Crippen LogP contribution in [0.25, 0.3) is 20.8 Å². The molecule has 17 heavy (non-hydrogen) atoms. The Kier molecular flexibility index (Phi) is 2.45. The van der Waals surface area contributed by atoms with Crippen molar-refractivity contribution in [1.82, 2.24) is 4.98 Å². The lowest BCUT2D eigenvalue weighted by atomic mass is 10.1. The molecule has 1 nitrogen and oxygen atoms in total. The number of benzene rings is 2. The number of rotatable bonds is 1. The molecule has 2 aromatic carbocycles. The van der Waals surface area contributed by atoms with Gasteiger partial charge < -0.3 is 0 Å². The fraction of sp³-hybridized carbons (Fsp3) is 0.133. The number of aromatic nitrogens is 1. The molecule has 0 atom stereocenters. The van der Waals surface area contributed by atoms with Crippen LogP contribution in [0.3, 0.4) is 0 Å². The second-order valence-corrected chi connectivity index (χ2v) is 5.24. The molecule has 3 aromatic rings. The minimum atomic E-state index is 1.08. The maximum atomic E-state index is 4.69. The average molecular weight is 238 g/mol. The van der Waals surface area contributed by atoms with Gasteiger partial charge in [0.1, 0.15) is 5.01 Å². The van der Waals surface area contributed by atoms with Gasteiger partial charge in [0.25, 0.3) is 0 Å². The Morgan fingerprint density at radius 2 is 1.76 bits per heavy atom. The van der Waals surface area contributed by atoms with E-state index in [4.69, 9.17) is 0 Å². The zero-order chi connectivity index (χ0) is 11.8. The highest BCUT2D eigenvalue weighted by Crippen LogP contribution is 2.31. The van der Waals surface area contributed by atoms with Gasteiger partial charge in [0, 0.05) is 5.56 Å². The minimum absolute atomic E-state index is 1.08. The Bertz CT molecular complexity index is 629. The molecule has 2 heteroatoms. The SMILES string of the molecule is Cc1cc2nc(-c3cc[c]cc3)sc2cc1C. The summed E-state index contributed by atoms with van der Waals surface area (Å²) in [5, 5.41) is 1.08. The largest absolute Gasteiger partial charge is 0.236 e. The summed E-state index contributed by atoms with van der Waals surface area (Å²) in [6.07, 6.45) is 0. The zero-order valence-corrected chi connectivity index (χ0v) is 10.6. The van der Waals surface area contributed by atoms with Gasteiger partial charge in [-0.3, -0.25) is 0 Å². The summed E-state index contributed by atoms with van der Waals surface area (Å²) in [4.78, 5) is 4.69. The van der Waals surface area contributed by atoms with Crippen LogP contribution in [0, 0.1) is 19.9 Å². The van der Waals surface area contributed by atoms with E-state index in [1.165, 1.54) is 21.4 Å². The van der Waals surface area contributed by atoms with E-state index in [0.717, 1.165) is 10.5 Å². The Morgan fingerprint density at radius 1 is 1.06 bits per heavy atom. The number of hydrogen-bond acceptors (Lipinski definition) is 2. The van der Waals surface area contributed by atoms with Crippen molar-refractivity contribution in [2.24, 2.45) is 0 Å². The maximum absolute atomic E-state index is 4.69. The third kappa shape index (κ3) is 1.85. The fourth-order valence-electron chi connectivity index (χ4n) is 1.83. The molecular formula is C15H12NS. The van der Waals surface area contributed by atoms with E-state index in [-0.39, 0.29) is 0 Å². The Balaban J connectivity index is 2.21. The van der Waals surface area contributed by atoms with Crippen molar-refractivity contribution in [3.05, 3.63) is 53.6 Å². The standard InChI is InChI=1S/C15H12NS/c1-10-8-13-14(9-11(10)2)17-15(16-13)12-6-4-3-5-7-12/h4-9H,1-2H3. The first-order valence-corrected chi connectivity index (χ1v) is 6.40. The lowest BCUT2D eigenvalue weighted by molar-refractivity contribution is 1.35. The van der Waals surface area contributed by atoms with Crippen LogP contribution in [-0.4, -0.2) is 4.98 Å². The predicted molar refractivity (Wildman–Crippen MR) is 73.4 cm³/mol. The van der Waals surface area contributed by atoms with E-state index < -0.39 is 0 Å². The third-order valence-corrected chi connectivity index (χ3v) is 4.04. The molecule has 0 N–H and O–H groups in total. The van der Waals surface area contributed by atoms with Gasteiger partial charge >= 0.3 is 0 Å². The normalized spacial score (nSPS) is 10.9. The van der Waals surface area contributed by atoms with E-state index in [1.807, 2.05) is 12.1 Å². The van der Waals surface area contributed by atoms with Crippen molar-refractivity contribution >= 4 is 21.6 Å². The van der Waals surface area contributed by atoms with Gasteiger partial charge in [-0.15, -0.1) is 11.3 Å². The molecule has 1 radical (unpaired) electrons. The predicted octanol–water partition coefficient (Wildman–Crippen LogP) is 4.38. The molecule has 1 aromatic heterocycles. The quantitative estimate of drug-likeness (QED) is 0.613. The molecule has 0 aliphatic heterocycles. The third-order valence-electron chi connectivity index (χ3n) is 2.97. The molecule has 0 spiro atoms. The minimum Gasteiger partial charge on any atom is -0.236 e. The molecule has 0 saturated heterocycles. The number of thiazole rings is 1. The van der Waals surface area contributed by atoms with E-state index in [2.05, 4.69) is 49.2 Å². The number of aryl methyl sites for hydroxylation is 2. The van der Waals surface area contributed by atoms with Gasteiger partial charge in [-0.05, 0) is 43.2 Å². The van der Waals surface area contributed by atoms with Gasteiger partial charge in [0.2, 0.25) is 0 Å². The number of nitrogens with zero attached hydrogens (tertiary/aromatic N) is 1. The van der Waals surface area contributed by atoms with Crippen LogP contribution in [0.2, 0.25) is 0 Å². The summed E-state index contributed by atoms with van der Waals surface area (Å²) < 4.78 is 1.26. The highest BCUT2D eigenvalue weighted by molar-refractivity contribution is 7.21. The maximum Gasteiger partial charge on any atom is 0.124 e.